The van der Waals surface area contributed by atoms with E-state index in [1.54, 1.807) is 29.0 Å². The topological polar surface area (TPSA) is 75.1 Å². The predicted octanol–water partition coefficient (Wildman–Crippen LogP) is 3.11. The highest BCUT2D eigenvalue weighted by Gasteiger charge is 2.09. The Morgan fingerprint density at radius 2 is 2.25 bits per heavy atom. The third kappa shape index (κ3) is 3.54. The van der Waals surface area contributed by atoms with Crippen LogP contribution in [0.3, 0.4) is 0 Å². The number of thiazole rings is 1. The van der Waals surface area contributed by atoms with Crippen molar-refractivity contribution in [3.63, 3.8) is 0 Å². The van der Waals surface area contributed by atoms with E-state index in [1.807, 2.05) is 13.8 Å². The molecule has 2 heterocycles. The van der Waals surface area contributed by atoms with E-state index >= 15 is 0 Å². The molecule has 0 fully saturated rings. The molecule has 0 aromatic carbocycles. The summed E-state index contributed by atoms with van der Waals surface area (Å²) in [6, 6.07) is 3.20. The number of rotatable bonds is 6. The van der Waals surface area contributed by atoms with Crippen LogP contribution in [0.5, 0.6) is 0 Å². The van der Waals surface area contributed by atoms with Gasteiger partial charge in [-0.25, -0.2) is 14.8 Å². The standard InChI is InChI=1S/C14H17N3O2S/c1-3-4-11-5-10(14(18)19)6-13(17-11)15-7-12-9(2)16-8-20-12/h5-6,8H,3-4,7H2,1-2H3,(H,15,17)(H,18,19). The van der Waals surface area contributed by atoms with Crippen LogP contribution in [0.1, 0.15) is 40.0 Å². The van der Waals surface area contributed by atoms with Crippen LogP contribution in [0, 0.1) is 6.92 Å². The van der Waals surface area contributed by atoms with Gasteiger partial charge in [-0.1, -0.05) is 13.3 Å². The van der Waals surface area contributed by atoms with Crippen LogP contribution in [-0.4, -0.2) is 21.0 Å². The first-order valence-electron chi connectivity index (χ1n) is 6.47. The number of aromatic carboxylic acids is 1. The van der Waals surface area contributed by atoms with Crippen LogP contribution in [0.25, 0.3) is 0 Å². The second-order valence-electron chi connectivity index (χ2n) is 4.50. The molecule has 2 aromatic rings. The molecule has 0 atom stereocenters. The van der Waals surface area contributed by atoms with Gasteiger partial charge in [0.25, 0.3) is 0 Å². The molecule has 0 spiro atoms. The molecule has 0 aliphatic heterocycles. The van der Waals surface area contributed by atoms with Crippen LogP contribution >= 0.6 is 11.3 Å². The Morgan fingerprint density at radius 3 is 2.85 bits per heavy atom. The molecule has 0 aliphatic carbocycles. The molecule has 0 aliphatic rings. The van der Waals surface area contributed by atoms with Gasteiger partial charge < -0.3 is 10.4 Å². The lowest BCUT2D eigenvalue weighted by Crippen LogP contribution is -2.06. The number of pyridine rings is 1. The fraction of sp³-hybridized carbons (Fsp3) is 0.357. The molecule has 0 saturated carbocycles. The summed E-state index contributed by atoms with van der Waals surface area (Å²) >= 11 is 1.58. The van der Waals surface area contributed by atoms with Gasteiger partial charge in [0.05, 0.1) is 23.3 Å². The number of anilines is 1. The van der Waals surface area contributed by atoms with Gasteiger partial charge in [0.2, 0.25) is 0 Å². The van der Waals surface area contributed by atoms with E-state index in [2.05, 4.69) is 15.3 Å². The Labute approximate surface area is 121 Å². The summed E-state index contributed by atoms with van der Waals surface area (Å²) in [6.07, 6.45) is 1.71. The summed E-state index contributed by atoms with van der Waals surface area (Å²) in [5.41, 5.74) is 3.87. The molecule has 0 amide bonds. The monoisotopic (exact) mass is 291 g/mol. The number of nitrogens with one attached hydrogen (secondary N) is 1. The molecule has 2 rings (SSSR count). The molecular formula is C14H17N3O2S. The highest BCUT2D eigenvalue weighted by atomic mass is 32.1. The summed E-state index contributed by atoms with van der Waals surface area (Å²) in [7, 11) is 0. The molecule has 20 heavy (non-hydrogen) atoms. The summed E-state index contributed by atoms with van der Waals surface area (Å²) in [5, 5.41) is 12.3. The molecule has 2 N–H and O–H groups in total. The SMILES string of the molecule is CCCc1cc(C(=O)O)cc(NCc2scnc2C)n1. The van der Waals surface area contributed by atoms with Crippen molar-refractivity contribution < 1.29 is 9.90 Å². The van der Waals surface area contributed by atoms with E-state index in [0.29, 0.717) is 12.4 Å². The van der Waals surface area contributed by atoms with E-state index in [0.717, 1.165) is 29.1 Å². The molecule has 106 valence electrons. The number of carboxylic acids is 1. The van der Waals surface area contributed by atoms with Crippen molar-refractivity contribution in [2.75, 3.05) is 5.32 Å². The third-order valence-corrected chi connectivity index (χ3v) is 3.84. The first-order valence-corrected chi connectivity index (χ1v) is 7.35. The summed E-state index contributed by atoms with van der Waals surface area (Å²) in [4.78, 5) is 20.9. The van der Waals surface area contributed by atoms with Crippen molar-refractivity contribution >= 4 is 23.1 Å². The lowest BCUT2D eigenvalue weighted by Gasteiger charge is -2.08. The number of nitrogens with zero attached hydrogens (tertiary/aromatic N) is 2. The van der Waals surface area contributed by atoms with Gasteiger partial charge in [0.1, 0.15) is 5.82 Å². The largest absolute Gasteiger partial charge is 0.478 e. The first kappa shape index (κ1) is 14.5. The average molecular weight is 291 g/mol. The zero-order valence-electron chi connectivity index (χ0n) is 11.5. The molecule has 0 bridgehead atoms. The van der Waals surface area contributed by atoms with Gasteiger partial charge in [-0.2, -0.15) is 0 Å². The molecule has 0 radical (unpaired) electrons. The van der Waals surface area contributed by atoms with Gasteiger partial charge >= 0.3 is 5.97 Å². The molecular weight excluding hydrogens is 274 g/mol. The maximum Gasteiger partial charge on any atom is 0.335 e. The van der Waals surface area contributed by atoms with Gasteiger partial charge in [-0.15, -0.1) is 11.3 Å². The van der Waals surface area contributed by atoms with Crippen molar-refractivity contribution in [3.05, 3.63) is 39.5 Å². The van der Waals surface area contributed by atoms with Crippen LogP contribution in [0.15, 0.2) is 17.6 Å². The van der Waals surface area contributed by atoms with E-state index in [4.69, 9.17) is 5.11 Å². The molecule has 5 nitrogen and oxygen atoms in total. The normalized spacial score (nSPS) is 10.5. The quantitative estimate of drug-likeness (QED) is 0.855. The van der Waals surface area contributed by atoms with Crippen molar-refractivity contribution in [2.24, 2.45) is 0 Å². The van der Waals surface area contributed by atoms with E-state index in [9.17, 15) is 4.79 Å². The fourth-order valence-corrected chi connectivity index (χ4v) is 2.57. The molecule has 0 saturated heterocycles. The summed E-state index contributed by atoms with van der Waals surface area (Å²) in [5.74, 6) is -0.331. The van der Waals surface area contributed by atoms with Gasteiger partial charge in [-0.05, 0) is 25.5 Å². The van der Waals surface area contributed by atoms with Gasteiger partial charge in [0, 0.05) is 10.6 Å². The third-order valence-electron chi connectivity index (χ3n) is 2.91. The number of aryl methyl sites for hydroxylation is 2. The van der Waals surface area contributed by atoms with Crippen molar-refractivity contribution in [1.29, 1.82) is 0 Å². The maximum absolute atomic E-state index is 11.1. The lowest BCUT2D eigenvalue weighted by atomic mass is 10.1. The van der Waals surface area contributed by atoms with Crippen LogP contribution < -0.4 is 5.32 Å². The van der Waals surface area contributed by atoms with Crippen LogP contribution in [0.4, 0.5) is 5.82 Å². The van der Waals surface area contributed by atoms with Gasteiger partial charge in [0.15, 0.2) is 0 Å². The minimum Gasteiger partial charge on any atom is -0.478 e. The number of carbonyl (C=O) groups is 1. The minimum absolute atomic E-state index is 0.270. The molecule has 0 unspecified atom stereocenters. The van der Waals surface area contributed by atoms with Crippen LogP contribution in [-0.2, 0) is 13.0 Å². The number of carboxylic acid groups (broad SMARTS) is 1. The van der Waals surface area contributed by atoms with Crippen LogP contribution in [0.2, 0.25) is 0 Å². The summed E-state index contributed by atoms with van der Waals surface area (Å²) in [6.45, 7) is 4.61. The number of aromatic nitrogens is 2. The van der Waals surface area contributed by atoms with Gasteiger partial charge in [-0.3, -0.25) is 0 Å². The molecule has 2 aromatic heterocycles. The Morgan fingerprint density at radius 1 is 1.45 bits per heavy atom. The van der Waals surface area contributed by atoms with Crippen molar-refractivity contribution in [2.45, 2.75) is 33.2 Å². The summed E-state index contributed by atoms with van der Waals surface area (Å²) < 4.78 is 0. The lowest BCUT2D eigenvalue weighted by molar-refractivity contribution is 0.0696. The van der Waals surface area contributed by atoms with E-state index < -0.39 is 5.97 Å². The maximum atomic E-state index is 11.1. The Balaban J connectivity index is 2.17. The second-order valence-corrected chi connectivity index (χ2v) is 5.44. The highest BCUT2D eigenvalue weighted by Crippen LogP contribution is 2.16. The smallest absolute Gasteiger partial charge is 0.335 e. The average Bonchev–Trinajstić information content (AvgIpc) is 2.82. The molecule has 6 heteroatoms. The Hall–Kier alpha value is -1.95. The second kappa shape index (κ2) is 6.47. The number of hydrogen-bond donors (Lipinski definition) is 2. The first-order chi connectivity index (χ1) is 9.60. The highest BCUT2D eigenvalue weighted by molar-refractivity contribution is 7.09. The Kier molecular flexibility index (Phi) is 4.68. The Bertz CT molecular complexity index is 610. The van der Waals surface area contributed by atoms with Crippen molar-refractivity contribution in [1.82, 2.24) is 9.97 Å². The minimum atomic E-state index is -0.929. The van der Waals surface area contributed by atoms with E-state index in [-0.39, 0.29) is 5.56 Å². The number of hydrogen-bond acceptors (Lipinski definition) is 5. The van der Waals surface area contributed by atoms with Crippen molar-refractivity contribution in [3.8, 4) is 0 Å². The predicted molar refractivity (Wildman–Crippen MR) is 79.4 cm³/mol. The zero-order chi connectivity index (χ0) is 14.5. The zero-order valence-corrected chi connectivity index (χ0v) is 12.3. The fourth-order valence-electron chi connectivity index (χ4n) is 1.85. The van der Waals surface area contributed by atoms with E-state index in [1.165, 1.54) is 0 Å².